The number of nitrogen functional groups attached to an aromatic ring is 1. The van der Waals surface area contributed by atoms with E-state index in [4.69, 9.17) is 5.73 Å². The van der Waals surface area contributed by atoms with E-state index in [0.717, 1.165) is 18.7 Å². The molecule has 0 spiro atoms. The van der Waals surface area contributed by atoms with Crippen LogP contribution >= 0.6 is 0 Å². The van der Waals surface area contributed by atoms with Gasteiger partial charge in [-0.25, -0.2) is 0 Å². The van der Waals surface area contributed by atoms with Crippen molar-refractivity contribution in [2.75, 3.05) is 19.3 Å². The molecular formula is C20H24N2. The largest absolute Gasteiger partial charge is 0.399 e. The molecule has 2 aliphatic rings. The van der Waals surface area contributed by atoms with Gasteiger partial charge < -0.3 is 10.6 Å². The first-order valence-electron chi connectivity index (χ1n) is 8.32. The molecule has 22 heavy (non-hydrogen) atoms. The SMILES string of the molecule is Cc1cc2c(cc1N)C1c3ccccc3CCN(C)C1CC2. The fraction of sp³-hybridized carbons (Fsp3) is 0.400. The van der Waals surface area contributed by atoms with Crippen molar-refractivity contribution in [3.63, 3.8) is 0 Å². The van der Waals surface area contributed by atoms with Crippen LogP contribution in [0.3, 0.4) is 0 Å². The third kappa shape index (κ3) is 2.05. The van der Waals surface area contributed by atoms with E-state index in [-0.39, 0.29) is 0 Å². The maximum atomic E-state index is 6.25. The topological polar surface area (TPSA) is 29.3 Å². The molecule has 0 amide bonds. The van der Waals surface area contributed by atoms with Gasteiger partial charge in [0, 0.05) is 24.2 Å². The van der Waals surface area contributed by atoms with E-state index in [1.807, 2.05) is 0 Å². The molecule has 0 fully saturated rings. The predicted octanol–water partition coefficient (Wildman–Crippen LogP) is 3.51. The van der Waals surface area contributed by atoms with Crippen LogP contribution in [0.1, 0.15) is 40.2 Å². The third-order valence-electron chi connectivity index (χ3n) is 5.65. The van der Waals surface area contributed by atoms with Crippen molar-refractivity contribution in [3.8, 4) is 0 Å². The second-order valence-corrected chi connectivity index (χ2v) is 6.92. The number of likely N-dealkylation sites (N-methyl/N-ethyl adjacent to an activating group) is 1. The highest BCUT2D eigenvalue weighted by molar-refractivity contribution is 5.56. The van der Waals surface area contributed by atoms with Crippen LogP contribution in [0.15, 0.2) is 36.4 Å². The molecule has 0 saturated carbocycles. The van der Waals surface area contributed by atoms with Gasteiger partial charge in [0.05, 0.1) is 0 Å². The van der Waals surface area contributed by atoms with E-state index in [2.05, 4.69) is 55.3 Å². The number of anilines is 1. The second-order valence-electron chi connectivity index (χ2n) is 6.92. The van der Waals surface area contributed by atoms with Crippen LogP contribution in [0, 0.1) is 6.92 Å². The summed E-state index contributed by atoms with van der Waals surface area (Å²) in [4.78, 5) is 2.56. The lowest BCUT2D eigenvalue weighted by molar-refractivity contribution is 0.214. The van der Waals surface area contributed by atoms with Gasteiger partial charge in [0.25, 0.3) is 0 Å². The Morgan fingerprint density at radius 2 is 1.86 bits per heavy atom. The lowest BCUT2D eigenvalue weighted by Crippen LogP contribution is -2.39. The smallest absolute Gasteiger partial charge is 0.0346 e. The zero-order valence-electron chi connectivity index (χ0n) is 13.5. The minimum atomic E-state index is 0.468. The third-order valence-corrected chi connectivity index (χ3v) is 5.65. The molecule has 0 aromatic heterocycles. The average Bonchev–Trinajstić information content (AvgIpc) is 2.67. The maximum absolute atomic E-state index is 6.25. The highest BCUT2D eigenvalue weighted by Gasteiger charge is 2.36. The Balaban J connectivity index is 1.94. The summed E-state index contributed by atoms with van der Waals surface area (Å²) in [5.74, 6) is 0.468. The van der Waals surface area contributed by atoms with Crippen molar-refractivity contribution in [1.29, 1.82) is 0 Å². The number of nitrogens with two attached hydrogens (primary N) is 1. The van der Waals surface area contributed by atoms with Gasteiger partial charge in [0.2, 0.25) is 0 Å². The van der Waals surface area contributed by atoms with Gasteiger partial charge in [-0.05, 0) is 67.1 Å². The average molecular weight is 292 g/mol. The molecule has 2 aromatic carbocycles. The molecule has 4 rings (SSSR count). The quantitative estimate of drug-likeness (QED) is 0.753. The van der Waals surface area contributed by atoms with Gasteiger partial charge in [0.15, 0.2) is 0 Å². The first-order chi connectivity index (χ1) is 10.6. The zero-order valence-corrected chi connectivity index (χ0v) is 13.5. The summed E-state index contributed by atoms with van der Waals surface area (Å²) in [7, 11) is 2.28. The maximum Gasteiger partial charge on any atom is 0.0346 e. The van der Waals surface area contributed by atoms with Crippen LogP contribution < -0.4 is 5.73 Å². The summed E-state index contributed by atoms with van der Waals surface area (Å²) in [5, 5.41) is 0. The zero-order chi connectivity index (χ0) is 15.3. The predicted molar refractivity (Wildman–Crippen MR) is 92.3 cm³/mol. The molecule has 2 unspecified atom stereocenters. The van der Waals surface area contributed by atoms with Crippen molar-refractivity contribution in [2.45, 2.75) is 38.1 Å². The molecule has 2 nitrogen and oxygen atoms in total. The molecule has 0 radical (unpaired) electrons. The molecule has 0 bridgehead atoms. The summed E-state index contributed by atoms with van der Waals surface area (Å²) < 4.78 is 0. The lowest BCUT2D eigenvalue weighted by Gasteiger charge is -2.38. The van der Waals surface area contributed by atoms with Crippen LogP contribution in [-0.2, 0) is 12.8 Å². The van der Waals surface area contributed by atoms with Crippen LogP contribution in [0.5, 0.6) is 0 Å². The molecule has 2 atom stereocenters. The molecular weight excluding hydrogens is 268 g/mol. The number of benzene rings is 2. The fourth-order valence-corrected chi connectivity index (χ4v) is 4.36. The van der Waals surface area contributed by atoms with Gasteiger partial charge in [-0.1, -0.05) is 30.3 Å². The molecule has 1 aliphatic heterocycles. The van der Waals surface area contributed by atoms with Gasteiger partial charge in [-0.2, -0.15) is 0 Å². The minimum absolute atomic E-state index is 0.468. The van der Waals surface area contributed by atoms with Crippen LogP contribution in [0.4, 0.5) is 5.69 Å². The molecule has 114 valence electrons. The Morgan fingerprint density at radius 1 is 1.05 bits per heavy atom. The number of rotatable bonds is 0. The van der Waals surface area contributed by atoms with Gasteiger partial charge in [-0.3, -0.25) is 0 Å². The summed E-state index contributed by atoms with van der Waals surface area (Å²) in [6.07, 6.45) is 3.56. The number of hydrogen-bond acceptors (Lipinski definition) is 2. The summed E-state index contributed by atoms with van der Waals surface area (Å²) in [6, 6.07) is 14.2. The molecule has 0 saturated heterocycles. The summed E-state index contributed by atoms with van der Waals surface area (Å²) >= 11 is 0. The fourth-order valence-electron chi connectivity index (χ4n) is 4.36. The normalized spacial score (nSPS) is 24.1. The van der Waals surface area contributed by atoms with Crippen LogP contribution in [0.25, 0.3) is 0 Å². The van der Waals surface area contributed by atoms with E-state index in [0.29, 0.717) is 12.0 Å². The standard InChI is InChI=1S/C20H24N2/c1-13-11-15-7-8-19-20(17(15)12-18(13)21)16-6-4-3-5-14(16)9-10-22(19)2/h3-6,11-12,19-20H,7-10,21H2,1-2H3. The van der Waals surface area contributed by atoms with Crippen molar-refractivity contribution in [3.05, 3.63) is 64.2 Å². The van der Waals surface area contributed by atoms with Gasteiger partial charge >= 0.3 is 0 Å². The summed E-state index contributed by atoms with van der Waals surface area (Å²) in [6.45, 7) is 3.27. The number of hydrogen-bond donors (Lipinski definition) is 1. The minimum Gasteiger partial charge on any atom is -0.399 e. The Kier molecular flexibility index (Phi) is 3.23. The Hall–Kier alpha value is -1.80. The number of aryl methyl sites for hydroxylation is 2. The van der Waals surface area contributed by atoms with Crippen LogP contribution in [-0.4, -0.2) is 24.5 Å². The highest BCUT2D eigenvalue weighted by atomic mass is 15.1. The Labute approximate surface area is 132 Å². The molecule has 2 N–H and O–H groups in total. The first-order valence-corrected chi connectivity index (χ1v) is 8.32. The summed E-state index contributed by atoms with van der Waals surface area (Å²) in [5.41, 5.74) is 14.4. The Bertz CT molecular complexity index is 720. The van der Waals surface area contributed by atoms with E-state index in [1.165, 1.54) is 40.7 Å². The molecule has 2 heteroatoms. The van der Waals surface area contributed by atoms with E-state index < -0.39 is 0 Å². The van der Waals surface area contributed by atoms with Gasteiger partial charge in [0.1, 0.15) is 0 Å². The van der Waals surface area contributed by atoms with E-state index in [1.54, 1.807) is 0 Å². The Morgan fingerprint density at radius 3 is 2.73 bits per heavy atom. The number of nitrogens with zero attached hydrogens (tertiary/aromatic N) is 1. The lowest BCUT2D eigenvalue weighted by atomic mass is 9.74. The van der Waals surface area contributed by atoms with Gasteiger partial charge in [-0.15, -0.1) is 0 Å². The van der Waals surface area contributed by atoms with E-state index >= 15 is 0 Å². The second kappa shape index (κ2) is 5.13. The van der Waals surface area contributed by atoms with E-state index in [9.17, 15) is 0 Å². The van der Waals surface area contributed by atoms with Crippen LogP contribution in [0.2, 0.25) is 0 Å². The van der Waals surface area contributed by atoms with Crippen molar-refractivity contribution in [2.24, 2.45) is 0 Å². The molecule has 1 aliphatic carbocycles. The highest BCUT2D eigenvalue weighted by Crippen LogP contribution is 2.43. The van der Waals surface area contributed by atoms with Crippen molar-refractivity contribution >= 4 is 5.69 Å². The monoisotopic (exact) mass is 292 g/mol. The first kappa shape index (κ1) is 13.8. The number of fused-ring (bicyclic) bond motifs is 5. The van der Waals surface area contributed by atoms with Crippen molar-refractivity contribution < 1.29 is 0 Å². The molecule has 2 aromatic rings. The molecule has 1 heterocycles. The van der Waals surface area contributed by atoms with Crippen molar-refractivity contribution in [1.82, 2.24) is 4.90 Å².